The van der Waals surface area contributed by atoms with Crippen LogP contribution >= 0.6 is 0 Å². The summed E-state index contributed by atoms with van der Waals surface area (Å²) in [6, 6.07) is 15.6. The molecule has 122 valence electrons. The molecule has 1 unspecified atom stereocenters. The van der Waals surface area contributed by atoms with Gasteiger partial charge in [0.15, 0.2) is 0 Å². The summed E-state index contributed by atoms with van der Waals surface area (Å²) >= 11 is 0. The fourth-order valence-electron chi connectivity index (χ4n) is 3.80. The Labute approximate surface area is 143 Å². The highest BCUT2D eigenvalue weighted by Crippen LogP contribution is 2.37. The maximum Gasteiger partial charge on any atom is 0.0666 e. The van der Waals surface area contributed by atoms with Crippen LogP contribution in [0.2, 0.25) is 0 Å². The van der Waals surface area contributed by atoms with Gasteiger partial charge in [0.1, 0.15) is 0 Å². The van der Waals surface area contributed by atoms with Gasteiger partial charge < -0.3 is 10.3 Å². The lowest BCUT2D eigenvalue weighted by Crippen LogP contribution is -2.17. The maximum absolute atomic E-state index is 4.05. The van der Waals surface area contributed by atoms with E-state index in [2.05, 4.69) is 73.2 Å². The number of nitrogens with one attached hydrogen (secondary N) is 2. The van der Waals surface area contributed by atoms with Gasteiger partial charge in [0.25, 0.3) is 0 Å². The van der Waals surface area contributed by atoms with Crippen LogP contribution in [0.25, 0.3) is 16.5 Å². The Kier molecular flexibility index (Phi) is 3.68. The molecule has 0 amide bonds. The van der Waals surface area contributed by atoms with Crippen LogP contribution in [0.3, 0.4) is 0 Å². The quantitative estimate of drug-likeness (QED) is 0.609. The maximum atomic E-state index is 4.05. The van der Waals surface area contributed by atoms with E-state index in [1.165, 1.54) is 51.8 Å². The minimum Gasteiger partial charge on any atom is -0.377 e. The molecule has 4 rings (SSSR count). The van der Waals surface area contributed by atoms with E-state index in [1.54, 1.807) is 0 Å². The number of fused-ring (bicyclic) bond motifs is 3. The van der Waals surface area contributed by atoms with Crippen LogP contribution in [0.1, 0.15) is 48.2 Å². The third-order valence-electron chi connectivity index (χ3n) is 5.06. The van der Waals surface area contributed by atoms with Crippen molar-refractivity contribution in [2.75, 3.05) is 5.32 Å². The molecule has 0 radical (unpaired) electrons. The number of allylic oxidation sites excluding steroid dienone is 1. The fourth-order valence-corrected chi connectivity index (χ4v) is 3.80. The first-order chi connectivity index (χ1) is 11.6. The standard InChI is InChI=1S/C22H24N2/c1-14(2)16-6-4-7-17(13-16)23-21-9-5-8-18-19-12-15(3)10-11-20(19)24-22(18)21/h4,6-7,10-13,21,23-24H,1,5,8-9H2,2-3H3. The predicted molar refractivity (Wildman–Crippen MR) is 103 cm³/mol. The van der Waals surface area contributed by atoms with Gasteiger partial charge in [0, 0.05) is 22.3 Å². The number of aryl methyl sites for hydroxylation is 2. The van der Waals surface area contributed by atoms with Crippen LogP contribution in [0, 0.1) is 6.92 Å². The molecule has 1 atom stereocenters. The van der Waals surface area contributed by atoms with Crippen molar-refractivity contribution in [3.05, 3.63) is 71.4 Å². The van der Waals surface area contributed by atoms with Crippen LogP contribution in [0.4, 0.5) is 5.69 Å². The van der Waals surface area contributed by atoms with E-state index in [-0.39, 0.29) is 0 Å². The van der Waals surface area contributed by atoms with Gasteiger partial charge in [-0.3, -0.25) is 0 Å². The summed E-state index contributed by atoms with van der Waals surface area (Å²) in [7, 11) is 0. The van der Waals surface area contributed by atoms with Crippen LogP contribution in [0.15, 0.2) is 49.0 Å². The van der Waals surface area contributed by atoms with Gasteiger partial charge in [-0.05, 0) is 68.5 Å². The molecule has 0 aliphatic heterocycles. The summed E-state index contributed by atoms with van der Waals surface area (Å²) in [6.45, 7) is 8.27. The molecule has 2 aromatic carbocycles. The zero-order valence-electron chi connectivity index (χ0n) is 14.4. The molecule has 0 fully saturated rings. The first-order valence-corrected chi connectivity index (χ1v) is 8.75. The molecule has 1 aliphatic carbocycles. The summed E-state index contributed by atoms with van der Waals surface area (Å²) in [6.07, 6.45) is 3.56. The normalized spacial score (nSPS) is 16.8. The van der Waals surface area contributed by atoms with Crippen LogP contribution in [0.5, 0.6) is 0 Å². The number of benzene rings is 2. The molecule has 0 bridgehead atoms. The zero-order valence-corrected chi connectivity index (χ0v) is 14.4. The Morgan fingerprint density at radius 2 is 2.08 bits per heavy atom. The predicted octanol–water partition coefficient (Wildman–Crippen LogP) is 6.00. The van der Waals surface area contributed by atoms with Crippen molar-refractivity contribution in [1.82, 2.24) is 4.98 Å². The monoisotopic (exact) mass is 316 g/mol. The van der Waals surface area contributed by atoms with Gasteiger partial charge >= 0.3 is 0 Å². The lowest BCUT2D eigenvalue weighted by Gasteiger charge is -2.25. The molecule has 3 aromatic rings. The number of anilines is 1. The first kappa shape index (κ1) is 15.1. The number of hydrogen-bond donors (Lipinski definition) is 2. The highest BCUT2D eigenvalue weighted by Gasteiger charge is 2.24. The average Bonchev–Trinajstić information content (AvgIpc) is 2.94. The molecule has 2 nitrogen and oxygen atoms in total. The SMILES string of the molecule is C=C(C)c1cccc(NC2CCCc3c2[nH]c2ccc(C)cc32)c1. The average molecular weight is 316 g/mol. The fraction of sp³-hybridized carbons (Fsp3) is 0.273. The van der Waals surface area contributed by atoms with Gasteiger partial charge in [0.2, 0.25) is 0 Å². The molecular weight excluding hydrogens is 292 g/mol. The Morgan fingerprint density at radius 3 is 2.92 bits per heavy atom. The lowest BCUT2D eigenvalue weighted by atomic mass is 9.91. The van der Waals surface area contributed by atoms with Gasteiger partial charge in [0.05, 0.1) is 6.04 Å². The third kappa shape index (κ3) is 2.62. The van der Waals surface area contributed by atoms with Crippen molar-refractivity contribution in [2.45, 2.75) is 39.2 Å². The zero-order chi connectivity index (χ0) is 16.7. The highest BCUT2D eigenvalue weighted by atomic mass is 15.0. The van der Waals surface area contributed by atoms with Gasteiger partial charge in [-0.15, -0.1) is 0 Å². The summed E-state index contributed by atoms with van der Waals surface area (Å²) in [5, 5.41) is 5.13. The smallest absolute Gasteiger partial charge is 0.0666 e. The summed E-state index contributed by atoms with van der Waals surface area (Å²) in [4.78, 5) is 3.67. The van der Waals surface area contributed by atoms with Crippen molar-refractivity contribution in [3.8, 4) is 0 Å². The van der Waals surface area contributed by atoms with E-state index in [1.807, 2.05) is 0 Å². The summed E-state index contributed by atoms with van der Waals surface area (Å²) in [5.74, 6) is 0. The lowest BCUT2D eigenvalue weighted by molar-refractivity contribution is 0.593. The summed E-state index contributed by atoms with van der Waals surface area (Å²) in [5.41, 5.74) is 8.91. The van der Waals surface area contributed by atoms with Gasteiger partial charge in [-0.1, -0.05) is 35.9 Å². The minimum absolute atomic E-state index is 0.349. The van der Waals surface area contributed by atoms with E-state index in [0.29, 0.717) is 6.04 Å². The van der Waals surface area contributed by atoms with E-state index >= 15 is 0 Å². The largest absolute Gasteiger partial charge is 0.377 e. The van der Waals surface area contributed by atoms with E-state index in [4.69, 9.17) is 0 Å². The molecule has 1 aromatic heterocycles. The van der Waals surface area contributed by atoms with Crippen molar-refractivity contribution >= 4 is 22.2 Å². The second-order valence-corrected chi connectivity index (χ2v) is 7.02. The third-order valence-corrected chi connectivity index (χ3v) is 5.06. The highest BCUT2D eigenvalue weighted by molar-refractivity contribution is 5.86. The second kappa shape index (κ2) is 5.86. The minimum atomic E-state index is 0.349. The molecule has 0 saturated heterocycles. The van der Waals surface area contributed by atoms with E-state index in [0.717, 1.165) is 12.0 Å². The van der Waals surface area contributed by atoms with Crippen molar-refractivity contribution < 1.29 is 0 Å². The number of aromatic amines is 1. The first-order valence-electron chi connectivity index (χ1n) is 8.75. The summed E-state index contributed by atoms with van der Waals surface area (Å²) < 4.78 is 0. The Morgan fingerprint density at radius 1 is 1.21 bits per heavy atom. The number of rotatable bonds is 3. The molecule has 0 saturated carbocycles. The number of aromatic nitrogens is 1. The number of hydrogen-bond acceptors (Lipinski definition) is 1. The van der Waals surface area contributed by atoms with Crippen LogP contribution in [-0.4, -0.2) is 4.98 Å². The van der Waals surface area contributed by atoms with E-state index < -0.39 is 0 Å². The topological polar surface area (TPSA) is 27.8 Å². The van der Waals surface area contributed by atoms with Crippen LogP contribution < -0.4 is 5.32 Å². The second-order valence-electron chi connectivity index (χ2n) is 7.02. The van der Waals surface area contributed by atoms with Gasteiger partial charge in [-0.2, -0.15) is 0 Å². The van der Waals surface area contributed by atoms with Crippen molar-refractivity contribution in [2.24, 2.45) is 0 Å². The molecular formula is C22H24N2. The van der Waals surface area contributed by atoms with E-state index in [9.17, 15) is 0 Å². The molecule has 2 N–H and O–H groups in total. The van der Waals surface area contributed by atoms with Crippen LogP contribution in [-0.2, 0) is 6.42 Å². The van der Waals surface area contributed by atoms with Gasteiger partial charge in [-0.25, -0.2) is 0 Å². The molecule has 1 aliphatic rings. The Bertz CT molecular complexity index is 917. The Hall–Kier alpha value is -2.48. The molecule has 0 spiro atoms. The van der Waals surface area contributed by atoms with Crippen molar-refractivity contribution in [3.63, 3.8) is 0 Å². The molecule has 2 heteroatoms. The Balaban J connectivity index is 1.70. The number of H-pyrrole nitrogens is 1. The molecule has 24 heavy (non-hydrogen) atoms. The van der Waals surface area contributed by atoms with Crippen molar-refractivity contribution in [1.29, 1.82) is 0 Å². The molecule has 1 heterocycles.